The van der Waals surface area contributed by atoms with E-state index < -0.39 is 0 Å². The van der Waals surface area contributed by atoms with Crippen molar-refractivity contribution in [2.24, 2.45) is 10.9 Å². The Morgan fingerprint density at radius 1 is 1.46 bits per heavy atom. The van der Waals surface area contributed by atoms with Crippen molar-refractivity contribution in [1.29, 1.82) is 0 Å². The van der Waals surface area contributed by atoms with Gasteiger partial charge in [-0.15, -0.1) is 24.0 Å². The maximum absolute atomic E-state index is 5.44. The zero-order chi connectivity index (χ0) is 16.5. The van der Waals surface area contributed by atoms with Crippen molar-refractivity contribution in [2.45, 2.75) is 26.8 Å². The van der Waals surface area contributed by atoms with Crippen LogP contribution in [0.15, 0.2) is 23.3 Å². The summed E-state index contributed by atoms with van der Waals surface area (Å²) >= 11 is 0. The number of guanidine groups is 1. The van der Waals surface area contributed by atoms with Crippen molar-refractivity contribution >= 4 is 29.9 Å². The smallest absolute Gasteiger partial charge is 0.213 e. The first kappa shape index (κ1) is 21.0. The largest absolute Gasteiger partial charge is 0.478 e. The second kappa shape index (κ2) is 11.5. The van der Waals surface area contributed by atoms with Crippen LogP contribution in [0.4, 0.5) is 0 Å². The molecule has 0 aliphatic carbocycles. The summed E-state index contributed by atoms with van der Waals surface area (Å²) in [6.45, 7) is 9.01. The van der Waals surface area contributed by atoms with Gasteiger partial charge in [0.25, 0.3) is 0 Å². The minimum atomic E-state index is 0. The lowest BCUT2D eigenvalue weighted by atomic mass is 10.1. The van der Waals surface area contributed by atoms with Crippen LogP contribution in [0.3, 0.4) is 0 Å². The van der Waals surface area contributed by atoms with Gasteiger partial charge < -0.3 is 19.7 Å². The number of hydrogen-bond donors (Lipinski definition) is 1. The van der Waals surface area contributed by atoms with E-state index in [9.17, 15) is 0 Å². The van der Waals surface area contributed by atoms with Crippen molar-refractivity contribution in [3.05, 3.63) is 23.9 Å². The first-order valence-electron chi connectivity index (χ1n) is 8.36. The molecule has 6 nitrogen and oxygen atoms in total. The van der Waals surface area contributed by atoms with Crippen molar-refractivity contribution in [3.63, 3.8) is 0 Å². The fourth-order valence-corrected chi connectivity index (χ4v) is 2.76. The number of ether oxygens (including phenoxy) is 2. The van der Waals surface area contributed by atoms with Gasteiger partial charge in [0.05, 0.1) is 19.8 Å². The van der Waals surface area contributed by atoms with Gasteiger partial charge >= 0.3 is 0 Å². The van der Waals surface area contributed by atoms with Gasteiger partial charge in [-0.25, -0.2) is 9.98 Å². The van der Waals surface area contributed by atoms with E-state index in [-0.39, 0.29) is 24.0 Å². The second-order valence-corrected chi connectivity index (χ2v) is 5.66. The molecule has 0 bridgehead atoms. The van der Waals surface area contributed by atoms with Gasteiger partial charge in [0.1, 0.15) is 0 Å². The molecule has 1 unspecified atom stereocenters. The molecule has 24 heavy (non-hydrogen) atoms. The molecule has 2 heterocycles. The van der Waals surface area contributed by atoms with Crippen molar-refractivity contribution in [2.75, 3.05) is 40.0 Å². The number of methoxy groups -OCH3 is 1. The lowest BCUT2D eigenvalue weighted by Crippen LogP contribution is -2.40. The van der Waals surface area contributed by atoms with Crippen LogP contribution < -0.4 is 10.1 Å². The molecule has 1 aliphatic heterocycles. The number of aromatic nitrogens is 1. The van der Waals surface area contributed by atoms with Crippen LogP contribution in [0.2, 0.25) is 0 Å². The van der Waals surface area contributed by atoms with Gasteiger partial charge in [-0.1, -0.05) is 0 Å². The molecular formula is C17H29IN4O2. The number of rotatable bonds is 7. The predicted octanol–water partition coefficient (Wildman–Crippen LogP) is 2.53. The maximum atomic E-state index is 5.44. The van der Waals surface area contributed by atoms with Crippen LogP contribution in [-0.2, 0) is 11.3 Å². The molecule has 1 aliphatic rings. The molecule has 0 aromatic carbocycles. The average Bonchev–Trinajstić information content (AvgIpc) is 3.01. The minimum absolute atomic E-state index is 0. The highest BCUT2D eigenvalue weighted by Gasteiger charge is 2.24. The summed E-state index contributed by atoms with van der Waals surface area (Å²) in [6.07, 6.45) is 2.93. The zero-order valence-corrected chi connectivity index (χ0v) is 17.2. The van der Waals surface area contributed by atoms with E-state index in [0.29, 0.717) is 24.9 Å². The monoisotopic (exact) mass is 448 g/mol. The Bertz CT molecular complexity index is 513. The van der Waals surface area contributed by atoms with E-state index in [1.165, 1.54) is 0 Å². The second-order valence-electron chi connectivity index (χ2n) is 5.66. The SMILES string of the molecule is CCNC(=NCc1ccnc(OCC)c1)N1CCC(COC)C1.I. The maximum Gasteiger partial charge on any atom is 0.213 e. The van der Waals surface area contributed by atoms with Crippen LogP contribution >= 0.6 is 24.0 Å². The molecule has 136 valence electrons. The van der Waals surface area contributed by atoms with Gasteiger partial charge in [-0.3, -0.25) is 0 Å². The summed E-state index contributed by atoms with van der Waals surface area (Å²) in [5.74, 6) is 2.22. The summed E-state index contributed by atoms with van der Waals surface area (Å²) in [4.78, 5) is 11.3. The number of nitrogens with one attached hydrogen (secondary N) is 1. The number of halogens is 1. The van der Waals surface area contributed by atoms with Gasteiger partial charge in [-0.2, -0.15) is 0 Å². The van der Waals surface area contributed by atoms with E-state index in [2.05, 4.69) is 22.1 Å². The molecular weight excluding hydrogens is 419 g/mol. The molecule has 1 saturated heterocycles. The molecule has 0 radical (unpaired) electrons. The lowest BCUT2D eigenvalue weighted by Gasteiger charge is -2.21. The van der Waals surface area contributed by atoms with E-state index in [0.717, 1.165) is 44.2 Å². The fraction of sp³-hybridized carbons (Fsp3) is 0.647. The highest BCUT2D eigenvalue weighted by molar-refractivity contribution is 14.0. The summed E-state index contributed by atoms with van der Waals surface area (Å²) in [5.41, 5.74) is 1.10. The third-order valence-electron chi connectivity index (χ3n) is 3.83. The van der Waals surface area contributed by atoms with Crippen LogP contribution in [-0.4, -0.2) is 55.8 Å². The lowest BCUT2D eigenvalue weighted by molar-refractivity contribution is 0.157. The van der Waals surface area contributed by atoms with Gasteiger partial charge in [-0.05, 0) is 31.9 Å². The Kier molecular flexibility index (Phi) is 10.0. The number of aliphatic imine (C=N–C) groups is 1. The quantitative estimate of drug-likeness (QED) is 0.395. The Labute approximate surface area is 162 Å². The van der Waals surface area contributed by atoms with Crippen LogP contribution in [0.1, 0.15) is 25.8 Å². The van der Waals surface area contributed by atoms with Gasteiger partial charge in [0.2, 0.25) is 5.88 Å². The number of pyridine rings is 1. The van der Waals surface area contributed by atoms with Crippen LogP contribution in [0, 0.1) is 5.92 Å². The first-order chi connectivity index (χ1) is 11.3. The summed E-state index contributed by atoms with van der Waals surface area (Å²) in [6, 6.07) is 3.93. The Balaban J connectivity index is 0.00000288. The topological polar surface area (TPSA) is 59.0 Å². The molecule has 1 aromatic heterocycles. The van der Waals surface area contributed by atoms with Crippen molar-refractivity contribution in [3.8, 4) is 5.88 Å². The molecule has 1 atom stereocenters. The predicted molar refractivity (Wildman–Crippen MR) is 107 cm³/mol. The third kappa shape index (κ3) is 6.43. The first-order valence-corrected chi connectivity index (χ1v) is 8.36. The zero-order valence-electron chi connectivity index (χ0n) is 14.8. The minimum Gasteiger partial charge on any atom is -0.478 e. The molecule has 2 rings (SSSR count). The van der Waals surface area contributed by atoms with E-state index in [1.54, 1.807) is 13.3 Å². The normalized spacial score (nSPS) is 17.5. The van der Waals surface area contributed by atoms with Crippen molar-refractivity contribution in [1.82, 2.24) is 15.2 Å². The molecule has 7 heteroatoms. The van der Waals surface area contributed by atoms with E-state index >= 15 is 0 Å². The molecule has 1 fully saturated rings. The fourth-order valence-electron chi connectivity index (χ4n) is 2.76. The Morgan fingerprint density at radius 2 is 2.29 bits per heavy atom. The van der Waals surface area contributed by atoms with Crippen molar-refractivity contribution < 1.29 is 9.47 Å². The van der Waals surface area contributed by atoms with E-state index in [1.807, 2.05) is 19.1 Å². The molecule has 1 N–H and O–H groups in total. The van der Waals surface area contributed by atoms with Gasteiger partial charge in [0.15, 0.2) is 5.96 Å². The number of likely N-dealkylation sites (tertiary alicyclic amines) is 1. The number of hydrogen-bond acceptors (Lipinski definition) is 4. The molecule has 0 spiro atoms. The summed E-state index contributed by atoms with van der Waals surface area (Å²) < 4.78 is 10.7. The Morgan fingerprint density at radius 3 is 3.00 bits per heavy atom. The summed E-state index contributed by atoms with van der Waals surface area (Å²) in [5, 5.41) is 3.39. The summed E-state index contributed by atoms with van der Waals surface area (Å²) in [7, 11) is 1.77. The highest BCUT2D eigenvalue weighted by atomic mass is 127. The molecule has 0 saturated carbocycles. The van der Waals surface area contributed by atoms with Crippen LogP contribution in [0.25, 0.3) is 0 Å². The third-order valence-corrected chi connectivity index (χ3v) is 3.83. The van der Waals surface area contributed by atoms with E-state index in [4.69, 9.17) is 14.5 Å². The van der Waals surface area contributed by atoms with Gasteiger partial charge in [0, 0.05) is 44.9 Å². The Hall–Kier alpha value is -1.09. The van der Waals surface area contributed by atoms with Crippen LogP contribution in [0.5, 0.6) is 5.88 Å². The average molecular weight is 448 g/mol. The standard InChI is InChI=1S/C17H28N4O2.HI/c1-4-18-17(21-9-7-15(12-21)13-22-3)20-11-14-6-8-19-16(10-14)23-5-2;/h6,8,10,15H,4-5,7,9,11-13H2,1-3H3,(H,18,20);1H. The molecule has 0 amide bonds. The number of nitrogens with zero attached hydrogens (tertiary/aromatic N) is 3. The molecule has 1 aromatic rings. The highest BCUT2D eigenvalue weighted by Crippen LogP contribution is 2.17.